The number of aliphatic hydroxyl groups excluding tert-OH is 1. The Morgan fingerprint density at radius 2 is 1.93 bits per heavy atom. The molecular formula is C21H23ClN2O3. The highest BCUT2D eigenvalue weighted by molar-refractivity contribution is 6.30. The van der Waals surface area contributed by atoms with Crippen LogP contribution in [0.25, 0.3) is 10.9 Å². The summed E-state index contributed by atoms with van der Waals surface area (Å²) in [4.78, 5) is 15.2. The highest BCUT2D eigenvalue weighted by atomic mass is 35.5. The number of nitrogens with one attached hydrogen (secondary N) is 2. The summed E-state index contributed by atoms with van der Waals surface area (Å²) in [7, 11) is 0. The molecule has 3 N–H and O–H groups in total. The molecule has 1 aromatic heterocycles. The van der Waals surface area contributed by atoms with Crippen LogP contribution in [-0.4, -0.2) is 29.3 Å². The van der Waals surface area contributed by atoms with Crippen molar-refractivity contribution in [2.45, 2.75) is 26.5 Å². The summed E-state index contributed by atoms with van der Waals surface area (Å²) in [6.07, 6.45) is -0.690. The van der Waals surface area contributed by atoms with Gasteiger partial charge in [0.1, 0.15) is 18.5 Å². The molecule has 27 heavy (non-hydrogen) atoms. The van der Waals surface area contributed by atoms with Gasteiger partial charge in [-0.2, -0.15) is 0 Å². The average Bonchev–Trinajstić information content (AvgIpc) is 2.62. The second kappa shape index (κ2) is 8.57. The minimum atomic E-state index is -0.690. The first kappa shape index (κ1) is 19.4. The minimum Gasteiger partial charge on any atom is -0.491 e. The standard InChI is InChI=1S/C21H23ClN2O3/c1-13-7-14(2)20-15(8-13)9-16(21(26)24-20)10-23-11-18(25)12-27-19-5-3-17(22)4-6-19/h3-9,18,23,25H,10-12H2,1-2H3,(H,24,26)/t18-/m1/s1. The van der Waals surface area contributed by atoms with Crippen molar-refractivity contribution in [2.75, 3.05) is 13.2 Å². The monoisotopic (exact) mass is 386 g/mol. The van der Waals surface area contributed by atoms with Gasteiger partial charge < -0.3 is 20.1 Å². The summed E-state index contributed by atoms with van der Waals surface area (Å²) in [5.74, 6) is 0.648. The molecule has 1 heterocycles. The van der Waals surface area contributed by atoms with E-state index in [2.05, 4.69) is 16.4 Å². The molecule has 0 fully saturated rings. The predicted molar refractivity (Wildman–Crippen MR) is 109 cm³/mol. The smallest absolute Gasteiger partial charge is 0.252 e. The van der Waals surface area contributed by atoms with Gasteiger partial charge in [-0.3, -0.25) is 4.79 Å². The van der Waals surface area contributed by atoms with Crippen LogP contribution in [0.15, 0.2) is 47.3 Å². The van der Waals surface area contributed by atoms with Crippen molar-refractivity contribution in [2.24, 2.45) is 0 Å². The number of benzene rings is 2. The molecule has 0 radical (unpaired) electrons. The molecule has 5 nitrogen and oxygen atoms in total. The first-order valence-electron chi connectivity index (χ1n) is 8.82. The molecule has 0 aliphatic carbocycles. The predicted octanol–water partition coefficient (Wildman–Crippen LogP) is 3.33. The van der Waals surface area contributed by atoms with Gasteiger partial charge in [-0.1, -0.05) is 23.2 Å². The molecule has 2 aromatic carbocycles. The van der Waals surface area contributed by atoms with Gasteiger partial charge in [-0.15, -0.1) is 0 Å². The van der Waals surface area contributed by atoms with Crippen molar-refractivity contribution in [3.8, 4) is 5.75 Å². The van der Waals surface area contributed by atoms with Crippen LogP contribution in [-0.2, 0) is 6.54 Å². The Kier molecular flexibility index (Phi) is 6.16. The van der Waals surface area contributed by atoms with Gasteiger partial charge in [-0.25, -0.2) is 0 Å². The van der Waals surface area contributed by atoms with E-state index >= 15 is 0 Å². The quantitative estimate of drug-likeness (QED) is 0.582. The van der Waals surface area contributed by atoms with Gasteiger partial charge in [0.05, 0.1) is 5.52 Å². The minimum absolute atomic E-state index is 0.117. The molecule has 1 atom stereocenters. The fourth-order valence-corrected chi connectivity index (χ4v) is 3.15. The van der Waals surface area contributed by atoms with Crippen LogP contribution in [0, 0.1) is 13.8 Å². The molecule has 0 aliphatic rings. The lowest BCUT2D eigenvalue weighted by Gasteiger charge is -2.13. The van der Waals surface area contributed by atoms with Gasteiger partial charge in [0, 0.05) is 23.7 Å². The zero-order valence-electron chi connectivity index (χ0n) is 15.4. The summed E-state index contributed by atoms with van der Waals surface area (Å²) in [6, 6.07) is 13.0. The van der Waals surface area contributed by atoms with Gasteiger partial charge in [0.2, 0.25) is 0 Å². The lowest BCUT2D eigenvalue weighted by atomic mass is 10.1. The first-order valence-corrected chi connectivity index (χ1v) is 9.20. The van der Waals surface area contributed by atoms with E-state index in [4.69, 9.17) is 16.3 Å². The number of pyridine rings is 1. The van der Waals surface area contributed by atoms with E-state index in [1.54, 1.807) is 24.3 Å². The molecule has 0 saturated heterocycles. The van der Waals surface area contributed by atoms with E-state index in [-0.39, 0.29) is 12.2 Å². The number of aryl methyl sites for hydroxylation is 2. The lowest BCUT2D eigenvalue weighted by molar-refractivity contribution is 0.106. The summed E-state index contributed by atoms with van der Waals surface area (Å²) in [5.41, 5.74) is 3.59. The van der Waals surface area contributed by atoms with E-state index < -0.39 is 6.10 Å². The Hall–Kier alpha value is -2.34. The molecule has 6 heteroatoms. The number of H-pyrrole nitrogens is 1. The van der Waals surface area contributed by atoms with Crippen LogP contribution >= 0.6 is 11.6 Å². The van der Waals surface area contributed by atoms with Gasteiger partial charge in [-0.05, 0) is 61.2 Å². The third kappa shape index (κ3) is 5.10. The summed E-state index contributed by atoms with van der Waals surface area (Å²) in [6.45, 7) is 4.86. The van der Waals surface area contributed by atoms with Crippen molar-refractivity contribution >= 4 is 22.5 Å². The number of halogens is 1. The number of ether oxygens (including phenoxy) is 1. The molecule has 3 aromatic rings. The highest BCUT2D eigenvalue weighted by Crippen LogP contribution is 2.18. The van der Waals surface area contributed by atoms with Crippen LogP contribution in [0.4, 0.5) is 0 Å². The van der Waals surface area contributed by atoms with E-state index in [1.165, 1.54) is 0 Å². The SMILES string of the molecule is Cc1cc(C)c2[nH]c(=O)c(CNC[C@@H](O)COc3ccc(Cl)cc3)cc2c1. The molecule has 0 bridgehead atoms. The third-order valence-electron chi connectivity index (χ3n) is 4.32. The Morgan fingerprint density at radius 1 is 1.19 bits per heavy atom. The molecule has 0 spiro atoms. The fraction of sp³-hybridized carbons (Fsp3) is 0.286. The molecule has 0 saturated carbocycles. The van der Waals surface area contributed by atoms with Gasteiger partial charge in [0.15, 0.2) is 0 Å². The summed E-state index contributed by atoms with van der Waals surface area (Å²) >= 11 is 5.82. The Bertz CT molecular complexity index is 983. The molecule has 3 rings (SSSR count). The maximum absolute atomic E-state index is 12.3. The maximum Gasteiger partial charge on any atom is 0.252 e. The zero-order valence-corrected chi connectivity index (χ0v) is 16.1. The maximum atomic E-state index is 12.3. The second-order valence-electron chi connectivity index (χ2n) is 6.72. The Balaban J connectivity index is 1.56. The lowest BCUT2D eigenvalue weighted by Crippen LogP contribution is -2.32. The second-order valence-corrected chi connectivity index (χ2v) is 7.16. The number of aromatic amines is 1. The third-order valence-corrected chi connectivity index (χ3v) is 4.57. The fourth-order valence-electron chi connectivity index (χ4n) is 3.02. The molecular weight excluding hydrogens is 364 g/mol. The summed E-state index contributed by atoms with van der Waals surface area (Å²) in [5, 5.41) is 14.8. The number of hydrogen-bond donors (Lipinski definition) is 3. The van der Waals surface area contributed by atoms with E-state index in [0.29, 0.717) is 29.4 Å². The normalized spacial score (nSPS) is 12.3. The van der Waals surface area contributed by atoms with Crippen molar-refractivity contribution in [1.29, 1.82) is 0 Å². The van der Waals surface area contributed by atoms with E-state index in [9.17, 15) is 9.90 Å². The van der Waals surface area contributed by atoms with E-state index in [0.717, 1.165) is 22.0 Å². The molecule has 0 aliphatic heterocycles. The van der Waals surface area contributed by atoms with Crippen LogP contribution in [0.2, 0.25) is 5.02 Å². The first-order chi connectivity index (χ1) is 12.9. The topological polar surface area (TPSA) is 74.4 Å². The van der Waals surface area contributed by atoms with Crippen LogP contribution in [0.1, 0.15) is 16.7 Å². The highest BCUT2D eigenvalue weighted by Gasteiger charge is 2.08. The number of hydrogen-bond acceptors (Lipinski definition) is 4. The van der Waals surface area contributed by atoms with Gasteiger partial charge in [0.25, 0.3) is 5.56 Å². The largest absolute Gasteiger partial charge is 0.491 e. The zero-order chi connectivity index (χ0) is 19.4. The average molecular weight is 387 g/mol. The molecule has 142 valence electrons. The Labute approximate surface area is 163 Å². The van der Waals surface area contributed by atoms with Crippen LogP contribution in [0.5, 0.6) is 5.75 Å². The number of aromatic nitrogens is 1. The van der Waals surface area contributed by atoms with Crippen LogP contribution in [0.3, 0.4) is 0 Å². The Morgan fingerprint density at radius 3 is 2.67 bits per heavy atom. The van der Waals surface area contributed by atoms with E-state index in [1.807, 2.05) is 26.0 Å². The number of rotatable bonds is 7. The summed E-state index contributed by atoms with van der Waals surface area (Å²) < 4.78 is 5.52. The van der Waals surface area contributed by atoms with Crippen molar-refractivity contribution in [3.05, 3.63) is 74.5 Å². The van der Waals surface area contributed by atoms with Gasteiger partial charge >= 0.3 is 0 Å². The molecule has 0 amide bonds. The van der Waals surface area contributed by atoms with Crippen molar-refractivity contribution in [1.82, 2.24) is 10.3 Å². The number of fused-ring (bicyclic) bond motifs is 1. The van der Waals surface area contributed by atoms with Crippen molar-refractivity contribution < 1.29 is 9.84 Å². The van der Waals surface area contributed by atoms with Crippen LogP contribution < -0.4 is 15.6 Å². The van der Waals surface area contributed by atoms with Crippen molar-refractivity contribution in [3.63, 3.8) is 0 Å². The molecule has 0 unspecified atom stereocenters. The number of aliphatic hydroxyl groups is 1.